The SMILES string of the molecule is C=C(C)Cc1cc(F)cc(F)c1. The summed E-state index contributed by atoms with van der Waals surface area (Å²) < 4.78 is 25.2. The zero-order valence-electron chi connectivity index (χ0n) is 6.90. The van der Waals surface area contributed by atoms with Crippen molar-refractivity contribution in [3.05, 3.63) is 47.5 Å². The molecule has 0 nitrogen and oxygen atoms in total. The van der Waals surface area contributed by atoms with Gasteiger partial charge < -0.3 is 0 Å². The maximum absolute atomic E-state index is 12.6. The molecule has 0 aliphatic rings. The molecule has 1 aromatic carbocycles. The van der Waals surface area contributed by atoms with Crippen LogP contribution in [0.5, 0.6) is 0 Å². The summed E-state index contributed by atoms with van der Waals surface area (Å²) in [5.74, 6) is -1.07. The van der Waals surface area contributed by atoms with E-state index in [0.717, 1.165) is 11.6 Å². The topological polar surface area (TPSA) is 0 Å². The second kappa shape index (κ2) is 3.48. The lowest BCUT2D eigenvalue weighted by Gasteiger charge is -2.00. The number of hydrogen-bond donors (Lipinski definition) is 0. The van der Waals surface area contributed by atoms with E-state index in [9.17, 15) is 8.78 Å². The van der Waals surface area contributed by atoms with E-state index in [1.54, 1.807) is 0 Å². The summed E-state index contributed by atoms with van der Waals surface area (Å²) >= 11 is 0. The Balaban J connectivity index is 2.93. The third-order valence-electron chi connectivity index (χ3n) is 1.43. The third-order valence-corrected chi connectivity index (χ3v) is 1.43. The van der Waals surface area contributed by atoms with E-state index in [4.69, 9.17) is 0 Å². The zero-order valence-corrected chi connectivity index (χ0v) is 6.90. The normalized spacial score (nSPS) is 9.92. The lowest BCUT2D eigenvalue weighted by molar-refractivity contribution is 0.580. The van der Waals surface area contributed by atoms with Crippen LogP contribution in [0.3, 0.4) is 0 Å². The van der Waals surface area contributed by atoms with Gasteiger partial charge in [-0.15, -0.1) is 0 Å². The number of allylic oxidation sites excluding steroid dienone is 1. The summed E-state index contributed by atoms with van der Waals surface area (Å²) in [5, 5.41) is 0. The van der Waals surface area contributed by atoms with Gasteiger partial charge in [0, 0.05) is 6.07 Å². The summed E-state index contributed by atoms with van der Waals surface area (Å²) in [6.07, 6.45) is 0.522. The largest absolute Gasteiger partial charge is 0.207 e. The van der Waals surface area contributed by atoms with Gasteiger partial charge in [-0.25, -0.2) is 8.78 Å². The molecular weight excluding hydrogens is 158 g/mol. The highest BCUT2D eigenvalue weighted by Crippen LogP contribution is 2.11. The Hall–Kier alpha value is -1.18. The van der Waals surface area contributed by atoms with Crippen molar-refractivity contribution < 1.29 is 8.78 Å². The van der Waals surface area contributed by atoms with E-state index in [0.29, 0.717) is 12.0 Å². The molecule has 0 atom stereocenters. The maximum atomic E-state index is 12.6. The number of rotatable bonds is 2. The predicted octanol–water partition coefficient (Wildman–Crippen LogP) is 3.08. The van der Waals surface area contributed by atoms with Gasteiger partial charge >= 0.3 is 0 Å². The first-order valence-electron chi connectivity index (χ1n) is 3.67. The van der Waals surface area contributed by atoms with Gasteiger partial charge in [0.25, 0.3) is 0 Å². The molecule has 12 heavy (non-hydrogen) atoms. The predicted molar refractivity (Wildman–Crippen MR) is 44.9 cm³/mol. The first-order valence-corrected chi connectivity index (χ1v) is 3.67. The minimum Gasteiger partial charge on any atom is -0.207 e. The fourth-order valence-corrected chi connectivity index (χ4v) is 1.06. The Kier molecular flexibility index (Phi) is 2.58. The molecule has 0 fully saturated rings. The van der Waals surface area contributed by atoms with Crippen LogP contribution in [0.4, 0.5) is 8.78 Å². The van der Waals surface area contributed by atoms with Gasteiger partial charge in [-0.1, -0.05) is 12.2 Å². The number of halogens is 2. The van der Waals surface area contributed by atoms with Gasteiger partial charge in [-0.3, -0.25) is 0 Å². The molecule has 0 unspecified atom stereocenters. The Morgan fingerprint density at radius 2 is 1.75 bits per heavy atom. The second-order valence-corrected chi connectivity index (χ2v) is 2.91. The molecule has 0 aromatic heterocycles. The molecule has 0 N–H and O–H groups in total. The van der Waals surface area contributed by atoms with E-state index in [1.165, 1.54) is 12.1 Å². The first-order chi connectivity index (χ1) is 5.58. The van der Waals surface area contributed by atoms with Crippen molar-refractivity contribution in [2.45, 2.75) is 13.3 Å². The van der Waals surface area contributed by atoms with Crippen LogP contribution in [-0.2, 0) is 6.42 Å². The number of hydrogen-bond acceptors (Lipinski definition) is 0. The lowest BCUT2D eigenvalue weighted by Crippen LogP contribution is -1.89. The van der Waals surface area contributed by atoms with Crippen LogP contribution in [0.15, 0.2) is 30.4 Å². The first kappa shape index (κ1) is 8.91. The molecule has 0 radical (unpaired) electrons. The van der Waals surface area contributed by atoms with E-state index < -0.39 is 11.6 Å². The standard InChI is InChI=1S/C10H10F2/c1-7(2)3-8-4-9(11)6-10(12)5-8/h4-6H,1,3H2,2H3. The van der Waals surface area contributed by atoms with E-state index in [1.807, 2.05) is 6.92 Å². The fourth-order valence-electron chi connectivity index (χ4n) is 1.06. The smallest absolute Gasteiger partial charge is 0.126 e. The van der Waals surface area contributed by atoms with Gasteiger partial charge in [0.2, 0.25) is 0 Å². The average molecular weight is 168 g/mol. The molecule has 0 spiro atoms. The Morgan fingerprint density at radius 3 is 2.17 bits per heavy atom. The Labute approximate surface area is 70.5 Å². The highest BCUT2D eigenvalue weighted by atomic mass is 19.1. The highest BCUT2D eigenvalue weighted by molar-refractivity contribution is 5.21. The molecule has 0 aliphatic carbocycles. The van der Waals surface area contributed by atoms with Crippen LogP contribution in [-0.4, -0.2) is 0 Å². The zero-order chi connectivity index (χ0) is 9.14. The van der Waals surface area contributed by atoms with Crippen molar-refractivity contribution in [3.63, 3.8) is 0 Å². The third kappa shape index (κ3) is 2.46. The van der Waals surface area contributed by atoms with Crippen LogP contribution in [0.2, 0.25) is 0 Å². The van der Waals surface area contributed by atoms with Crippen LogP contribution in [0, 0.1) is 11.6 Å². The summed E-state index contributed by atoms with van der Waals surface area (Å²) in [4.78, 5) is 0. The summed E-state index contributed by atoms with van der Waals surface area (Å²) in [6.45, 7) is 5.49. The quantitative estimate of drug-likeness (QED) is 0.595. The molecule has 0 amide bonds. The maximum Gasteiger partial charge on any atom is 0.126 e. The molecule has 2 heteroatoms. The molecule has 0 bridgehead atoms. The molecule has 64 valence electrons. The highest BCUT2D eigenvalue weighted by Gasteiger charge is 1.99. The average Bonchev–Trinajstić information content (AvgIpc) is 1.81. The number of benzene rings is 1. The van der Waals surface area contributed by atoms with Gasteiger partial charge in [0.15, 0.2) is 0 Å². The minimum atomic E-state index is -0.536. The van der Waals surface area contributed by atoms with Crippen molar-refractivity contribution in [1.29, 1.82) is 0 Å². The van der Waals surface area contributed by atoms with Crippen molar-refractivity contribution >= 4 is 0 Å². The molecule has 1 rings (SSSR count). The van der Waals surface area contributed by atoms with Crippen LogP contribution >= 0.6 is 0 Å². The molecule has 0 heterocycles. The monoisotopic (exact) mass is 168 g/mol. The summed E-state index contributed by atoms with van der Waals surface area (Å²) in [7, 11) is 0. The Morgan fingerprint density at radius 1 is 1.25 bits per heavy atom. The van der Waals surface area contributed by atoms with Crippen molar-refractivity contribution in [3.8, 4) is 0 Å². The fraction of sp³-hybridized carbons (Fsp3) is 0.200. The van der Waals surface area contributed by atoms with Crippen molar-refractivity contribution in [2.75, 3.05) is 0 Å². The Bertz CT molecular complexity index is 282. The van der Waals surface area contributed by atoms with Gasteiger partial charge in [-0.05, 0) is 31.0 Å². The van der Waals surface area contributed by atoms with Crippen LogP contribution in [0.1, 0.15) is 12.5 Å². The van der Waals surface area contributed by atoms with Gasteiger partial charge in [-0.2, -0.15) is 0 Å². The molecular formula is C10H10F2. The van der Waals surface area contributed by atoms with Crippen molar-refractivity contribution in [1.82, 2.24) is 0 Å². The van der Waals surface area contributed by atoms with E-state index in [-0.39, 0.29) is 0 Å². The molecule has 1 aromatic rings. The summed E-state index contributed by atoms with van der Waals surface area (Å²) in [5.41, 5.74) is 1.51. The van der Waals surface area contributed by atoms with Gasteiger partial charge in [0.05, 0.1) is 0 Å². The van der Waals surface area contributed by atoms with Crippen LogP contribution < -0.4 is 0 Å². The van der Waals surface area contributed by atoms with Crippen LogP contribution in [0.25, 0.3) is 0 Å². The summed E-state index contributed by atoms with van der Waals surface area (Å²) in [6, 6.07) is 3.50. The van der Waals surface area contributed by atoms with Gasteiger partial charge in [0.1, 0.15) is 11.6 Å². The molecule has 0 saturated carbocycles. The van der Waals surface area contributed by atoms with Crippen molar-refractivity contribution in [2.24, 2.45) is 0 Å². The van der Waals surface area contributed by atoms with E-state index >= 15 is 0 Å². The molecule has 0 saturated heterocycles. The minimum absolute atomic E-state index is 0.522. The lowest BCUT2D eigenvalue weighted by atomic mass is 10.1. The second-order valence-electron chi connectivity index (χ2n) is 2.91. The molecule has 0 aliphatic heterocycles. The van der Waals surface area contributed by atoms with E-state index in [2.05, 4.69) is 6.58 Å².